The summed E-state index contributed by atoms with van der Waals surface area (Å²) in [7, 11) is 0. The van der Waals surface area contributed by atoms with Crippen molar-refractivity contribution >= 4 is 0 Å². The van der Waals surface area contributed by atoms with Gasteiger partial charge in [0.1, 0.15) is 0 Å². The Hall–Kier alpha value is -1.07. The van der Waals surface area contributed by atoms with Crippen LogP contribution in [0.1, 0.15) is 20.3 Å². The number of imidazole rings is 1. The van der Waals surface area contributed by atoms with E-state index < -0.39 is 0 Å². The quantitative estimate of drug-likeness (QED) is 0.811. The molecule has 0 radical (unpaired) electrons. The molecule has 1 saturated heterocycles. The first-order valence-electron chi connectivity index (χ1n) is 6.83. The molecule has 1 aromatic rings. The molecule has 1 N–H and O–H groups in total. The van der Waals surface area contributed by atoms with E-state index in [9.17, 15) is 4.79 Å². The summed E-state index contributed by atoms with van der Waals surface area (Å²) in [5.74, 6) is 0.516. The van der Waals surface area contributed by atoms with Gasteiger partial charge in [0.2, 0.25) is 0 Å². The van der Waals surface area contributed by atoms with Gasteiger partial charge in [-0.15, -0.1) is 0 Å². The third-order valence-electron chi connectivity index (χ3n) is 3.65. The van der Waals surface area contributed by atoms with E-state index in [4.69, 9.17) is 4.74 Å². The molecule has 0 aliphatic carbocycles. The van der Waals surface area contributed by atoms with Gasteiger partial charge in [0.15, 0.2) is 0 Å². The van der Waals surface area contributed by atoms with Crippen molar-refractivity contribution in [1.82, 2.24) is 14.5 Å². The number of aryl methyl sites for hydroxylation is 1. The molecule has 0 saturated carbocycles. The Kier molecular flexibility index (Phi) is 4.60. The lowest BCUT2D eigenvalue weighted by Gasteiger charge is -2.23. The first kappa shape index (κ1) is 13.4. The van der Waals surface area contributed by atoms with E-state index in [1.165, 1.54) is 0 Å². The normalized spacial score (nSPS) is 21.3. The van der Waals surface area contributed by atoms with Gasteiger partial charge in [0, 0.05) is 44.0 Å². The van der Waals surface area contributed by atoms with E-state index in [0.717, 1.165) is 39.3 Å². The van der Waals surface area contributed by atoms with Crippen LogP contribution in [0.3, 0.4) is 0 Å². The lowest BCUT2D eigenvalue weighted by molar-refractivity contribution is 0.173. The molecule has 2 rings (SSSR count). The molecule has 2 unspecified atom stereocenters. The van der Waals surface area contributed by atoms with Crippen molar-refractivity contribution in [3.05, 3.63) is 22.9 Å². The fourth-order valence-corrected chi connectivity index (χ4v) is 2.56. The molecule has 0 aromatic carbocycles. The minimum atomic E-state index is 0.0827. The van der Waals surface area contributed by atoms with Crippen LogP contribution in [0.15, 0.2) is 17.2 Å². The van der Waals surface area contributed by atoms with Gasteiger partial charge in [0.25, 0.3) is 0 Å². The zero-order valence-electron chi connectivity index (χ0n) is 11.3. The van der Waals surface area contributed by atoms with Gasteiger partial charge >= 0.3 is 5.69 Å². The Labute approximate surface area is 108 Å². The zero-order valence-corrected chi connectivity index (χ0v) is 11.3. The van der Waals surface area contributed by atoms with E-state index in [1.54, 1.807) is 9.13 Å². The molecule has 1 aromatic heterocycles. The van der Waals surface area contributed by atoms with E-state index in [2.05, 4.69) is 12.2 Å². The molecular formula is C13H23N3O2. The standard InChI is InChI=1S/C13H23N3O2/c1-3-14-12(11-5-8-18-10-11)9-16-7-6-15(4-2)13(16)17/h6-7,11-12,14H,3-5,8-10H2,1-2H3. The number of nitrogens with one attached hydrogen (secondary N) is 1. The highest BCUT2D eigenvalue weighted by atomic mass is 16.5. The van der Waals surface area contributed by atoms with Crippen molar-refractivity contribution in [2.45, 2.75) is 39.4 Å². The van der Waals surface area contributed by atoms with Crippen molar-refractivity contribution in [1.29, 1.82) is 0 Å². The molecule has 2 atom stereocenters. The topological polar surface area (TPSA) is 48.2 Å². The van der Waals surface area contributed by atoms with Crippen molar-refractivity contribution < 1.29 is 4.74 Å². The van der Waals surface area contributed by atoms with E-state index >= 15 is 0 Å². The summed E-state index contributed by atoms with van der Waals surface area (Å²) in [4.78, 5) is 12.0. The maximum atomic E-state index is 12.0. The third-order valence-corrected chi connectivity index (χ3v) is 3.65. The highest BCUT2D eigenvalue weighted by molar-refractivity contribution is 4.86. The van der Waals surface area contributed by atoms with Crippen LogP contribution in [0.25, 0.3) is 0 Å². The second-order valence-corrected chi connectivity index (χ2v) is 4.81. The Balaban J connectivity index is 2.07. The Morgan fingerprint density at radius 1 is 1.44 bits per heavy atom. The van der Waals surface area contributed by atoms with Crippen molar-refractivity contribution in [2.24, 2.45) is 5.92 Å². The van der Waals surface area contributed by atoms with Gasteiger partial charge < -0.3 is 10.1 Å². The van der Waals surface area contributed by atoms with Crippen LogP contribution in [-0.4, -0.2) is 34.9 Å². The monoisotopic (exact) mass is 253 g/mol. The number of likely N-dealkylation sites (N-methyl/N-ethyl adjacent to an activating group) is 1. The van der Waals surface area contributed by atoms with Crippen LogP contribution < -0.4 is 11.0 Å². The summed E-state index contributed by atoms with van der Waals surface area (Å²) in [6.45, 7) is 8.11. The van der Waals surface area contributed by atoms with Gasteiger partial charge in [-0.3, -0.25) is 9.13 Å². The molecule has 0 bridgehead atoms. The predicted molar refractivity (Wildman–Crippen MR) is 70.8 cm³/mol. The summed E-state index contributed by atoms with van der Waals surface area (Å²) >= 11 is 0. The zero-order chi connectivity index (χ0) is 13.0. The highest BCUT2D eigenvalue weighted by Gasteiger charge is 2.25. The molecule has 1 fully saturated rings. The molecule has 5 heteroatoms. The van der Waals surface area contributed by atoms with Gasteiger partial charge in [-0.05, 0) is 19.9 Å². The first-order valence-corrected chi connectivity index (χ1v) is 6.83. The van der Waals surface area contributed by atoms with Crippen LogP contribution in [0.2, 0.25) is 0 Å². The minimum absolute atomic E-state index is 0.0827. The average Bonchev–Trinajstić information content (AvgIpc) is 3.00. The summed E-state index contributed by atoms with van der Waals surface area (Å²) in [6, 6.07) is 0.322. The number of ether oxygens (including phenoxy) is 1. The second-order valence-electron chi connectivity index (χ2n) is 4.81. The molecule has 1 aliphatic heterocycles. The molecule has 0 amide bonds. The number of hydrogen-bond donors (Lipinski definition) is 1. The molecular weight excluding hydrogens is 230 g/mol. The van der Waals surface area contributed by atoms with Crippen LogP contribution in [-0.2, 0) is 17.8 Å². The summed E-state index contributed by atoms with van der Waals surface area (Å²) in [5, 5.41) is 3.48. The molecule has 0 spiro atoms. The Morgan fingerprint density at radius 3 is 2.78 bits per heavy atom. The average molecular weight is 253 g/mol. The molecule has 5 nitrogen and oxygen atoms in total. The van der Waals surface area contributed by atoms with E-state index in [0.29, 0.717) is 12.0 Å². The second kappa shape index (κ2) is 6.20. The number of aromatic nitrogens is 2. The first-order chi connectivity index (χ1) is 8.76. The summed E-state index contributed by atoms with van der Waals surface area (Å²) < 4.78 is 8.98. The van der Waals surface area contributed by atoms with Crippen LogP contribution >= 0.6 is 0 Å². The Bertz CT molecular complexity index is 418. The van der Waals surface area contributed by atoms with E-state index in [-0.39, 0.29) is 5.69 Å². The number of nitrogens with zero attached hydrogens (tertiary/aromatic N) is 2. The number of rotatable bonds is 6. The maximum Gasteiger partial charge on any atom is 0.328 e. The predicted octanol–water partition coefficient (Wildman–Crippen LogP) is 0.684. The van der Waals surface area contributed by atoms with E-state index in [1.807, 2.05) is 19.3 Å². The lowest BCUT2D eigenvalue weighted by atomic mass is 9.99. The van der Waals surface area contributed by atoms with Crippen molar-refractivity contribution in [3.63, 3.8) is 0 Å². The number of hydrogen-bond acceptors (Lipinski definition) is 3. The maximum absolute atomic E-state index is 12.0. The van der Waals surface area contributed by atoms with Crippen LogP contribution in [0.4, 0.5) is 0 Å². The molecule has 102 valence electrons. The molecule has 1 aliphatic rings. The van der Waals surface area contributed by atoms with Crippen LogP contribution in [0.5, 0.6) is 0 Å². The smallest absolute Gasteiger partial charge is 0.328 e. The van der Waals surface area contributed by atoms with Crippen molar-refractivity contribution in [2.75, 3.05) is 19.8 Å². The van der Waals surface area contributed by atoms with Gasteiger partial charge in [-0.1, -0.05) is 6.92 Å². The van der Waals surface area contributed by atoms with Gasteiger partial charge in [-0.2, -0.15) is 0 Å². The van der Waals surface area contributed by atoms with Crippen molar-refractivity contribution in [3.8, 4) is 0 Å². The van der Waals surface area contributed by atoms with Crippen LogP contribution in [0, 0.1) is 5.92 Å². The third kappa shape index (κ3) is 2.84. The fraction of sp³-hybridized carbons (Fsp3) is 0.769. The molecule has 2 heterocycles. The summed E-state index contributed by atoms with van der Waals surface area (Å²) in [5.41, 5.74) is 0.0827. The lowest BCUT2D eigenvalue weighted by Crippen LogP contribution is -2.42. The Morgan fingerprint density at radius 2 is 2.22 bits per heavy atom. The molecule has 18 heavy (non-hydrogen) atoms. The van der Waals surface area contributed by atoms with Gasteiger partial charge in [0.05, 0.1) is 6.61 Å². The largest absolute Gasteiger partial charge is 0.381 e. The SMILES string of the molecule is CCNC(Cn1ccn(CC)c1=O)C1CCOC1. The fourth-order valence-electron chi connectivity index (χ4n) is 2.56. The highest BCUT2D eigenvalue weighted by Crippen LogP contribution is 2.17. The van der Waals surface area contributed by atoms with Gasteiger partial charge in [-0.25, -0.2) is 4.79 Å². The minimum Gasteiger partial charge on any atom is -0.381 e. The summed E-state index contributed by atoms with van der Waals surface area (Å²) in [6.07, 6.45) is 4.82.